The molecule has 0 atom stereocenters. The minimum atomic E-state index is -0.107. The second kappa shape index (κ2) is 13.0. The molecule has 4 bridgehead atoms. The van der Waals surface area contributed by atoms with Gasteiger partial charge in [0.05, 0.1) is 5.69 Å². The monoisotopic (exact) mass is 811 g/mol. The van der Waals surface area contributed by atoms with Gasteiger partial charge < -0.3 is 9.32 Å². The molecule has 6 aliphatic carbocycles. The molecule has 15 rings (SSSR count). The van der Waals surface area contributed by atoms with E-state index in [1.165, 1.54) is 93.4 Å². The lowest BCUT2D eigenvalue weighted by Gasteiger charge is -2.61. The lowest BCUT2D eigenvalue weighted by atomic mass is 9.43. The fraction of sp³-hybridized carbons (Fsp3) is 0.213. The van der Waals surface area contributed by atoms with Crippen molar-refractivity contribution >= 4 is 39.0 Å². The van der Waals surface area contributed by atoms with Crippen molar-refractivity contribution in [3.8, 4) is 44.5 Å². The van der Waals surface area contributed by atoms with Gasteiger partial charge in [-0.05, 0) is 159 Å². The summed E-state index contributed by atoms with van der Waals surface area (Å²) in [7, 11) is 0. The molecule has 9 aromatic rings. The van der Waals surface area contributed by atoms with Gasteiger partial charge in [0.2, 0.25) is 0 Å². The number of hydrogen-bond donors (Lipinski definition) is 0. The van der Waals surface area contributed by atoms with Crippen molar-refractivity contribution in [1.82, 2.24) is 0 Å². The van der Waals surface area contributed by atoms with Crippen molar-refractivity contribution < 1.29 is 4.42 Å². The van der Waals surface area contributed by atoms with Crippen LogP contribution in [0.2, 0.25) is 0 Å². The van der Waals surface area contributed by atoms with Gasteiger partial charge in [-0.15, -0.1) is 0 Å². The summed E-state index contributed by atoms with van der Waals surface area (Å²) in [6.45, 7) is 4.77. The zero-order valence-corrected chi connectivity index (χ0v) is 35.9. The van der Waals surface area contributed by atoms with E-state index in [4.69, 9.17) is 4.42 Å². The molecule has 1 heterocycles. The van der Waals surface area contributed by atoms with Crippen LogP contribution in [0.3, 0.4) is 0 Å². The number of hydrogen-bond acceptors (Lipinski definition) is 2. The molecule has 63 heavy (non-hydrogen) atoms. The van der Waals surface area contributed by atoms with E-state index in [0.717, 1.165) is 45.1 Å². The molecule has 0 N–H and O–H groups in total. The average Bonchev–Trinajstić information content (AvgIpc) is 3.93. The highest BCUT2D eigenvalue weighted by Crippen LogP contribution is 2.69. The van der Waals surface area contributed by atoms with E-state index >= 15 is 0 Å². The number of anilines is 3. The smallest absolute Gasteiger partial charge is 0.159 e. The predicted molar refractivity (Wildman–Crippen MR) is 260 cm³/mol. The number of para-hydroxylation sites is 2. The van der Waals surface area contributed by atoms with E-state index in [9.17, 15) is 0 Å². The first-order chi connectivity index (χ1) is 31.0. The van der Waals surface area contributed by atoms with Gasteiger partial charge in [-0.25, -0.2) is 0 Å². The van der Waals surface area contributed by atoms with E-state index in [0.29, 0.717) is 11.8 Å². The first-order valence-electron chi connectivity index (χ1n) is 23.3. The summed E-state index contributed by atoms with van der Waals surface area (Å²) in [5, 5.41) is 2.29. The van der Waals surface area contributed by atoms with Crippen molar-refractivity contribution in [3.05, 3.63) is 198 Å². The first kappa shape index (κ1) is 35.9. The third-order valence-electron chi connectivity index (χ3n) is 16.7. The van der Waals surface area contributed by atoms with E-state index < -0.39 is 0 Å². The van der Waals surface area contributed by atoms with Crippen LogP contribution in [0, 0.1) is 23.7 Å². The van der Waals surface area contributed by atoms with Crippen molar-refractivity contribution in [1.29, 1.82) is 0 Å². The highest BCUT2D eigenvalue weighted by Gasteiger charge is 2.61. The van der Waals surface area contributed by atoms with Crippen LogP contribution < -0.4 is 4.90 Å². The summed E-state index contributed by atoms with van der Waals surface area (Å²) >= 11 is 0. The van der Waals surface area contributed by atoms with Gasteiger partial charge in [-0.1, -0.05) is 153 Å². The number of furan rings is 1. The Labute approximate surface area is 369 Å². The molecule has 0 saturated heterocycles. The molecule has 0 aliphatic heterocycles. The molecule has 8 aromatic carbocycles. The Morgan fingerprint density at radius 2 is 1.00 bits per heavy atom. The maximum atomic E-state index is 6.83. The third-order valence-corrected chi connectivity index (χ3v) is 16.7. The van der Waals surface area contributed by atoms with E-state index in [2.05, 4.69) is 195 Å². The van der Waals surface area contributed by atoms with Gasteiger partial charge in [0.15, 0.2) is 5.58 Å². The summed E-state index contributed by atoms with van der Waals surface area (Å²) in [4.78, 5) is 2.48. The lowest BCUT2D eigenvalue weighted by molar-refractivity contribution is -0.0399. The van der Waals surface area contributed by atoms with Gasteiger partial charge in [0.1, 0.15) is 5.58 Å². The molecule has 304 valence electrons. The summed E-state index contributed by atoms with van der Waals surface area (Å²) in [6, 6.07) is 66.2. The number of benzene rings is 8. The van der Waals surface area contributed by atoms with Crippen LogP contribution in [0.25, 0.3) is 66.4 Å². The first-order valence-corrected chi connectivity index (χ1v) is 23.3. The van der Waals surface area contributed by atoms with Crippen LogP contribution in [0.5, 0.6) is 0 Å². The Morgan fingerprint density at radius 1 is 0.444 bits per heavy atom. The van der Waals surface area contributed by atoms with Crippen molar-refractivity contribution in [2.24, 2.45) is 23.7 Å². The maximum Gasteiger partial charge on any atom is 0.159 e. The van der Waals surface area contributed by atoms with E-state index in [1.54, 1.807) is 11.1 Å². The number of fused-ring (bicyclic) bond motifs is 9. The average molecular weight is 812 g/mol. The van der Waals surface area contributed by atoms with Gasteiger partial charge >= 0.3 is 0 Å². The fourth-order valence-corrected chi connectivity index (χ4v) is 14.4. The van der Waals surface area contributed by atoms with Crippen molar-refractivity contribution in [2.45, 2.75) is 56.8 Å². The molecule has 0 radical (unpaired) electrons. The highest BCUT2D eigenvalue weighted by atomic mass is 16.3. The fourth-order valence-electron chi connectivity index (χ4n) is 14.4. The van der Waals surface area contributed by atoms with E-state index in [-0.39, 0.29) is 10.8 Å². The minimum Gasteiger partial charge on any atom is -0.454 e. The van der Waals surface area contributed by atoms with Crippen LogP contribution in [0.1, 0.15) is 68.2 Å². The Kier molecular flexibility index (Phi) is 7.38. The second-order valence-corrected chi connectivity index (χ2v) is 20.0. The maximum absolute atomic E-state index is 6.83. The minimum absolute atomic E-state index is 0.0769. The number of rotatable bonds is 5. The van der Waals surface area contributed by atoms with Gasteiger partial charge in [0, 0.05) is 33.0 Å². The molecule has 4 fully saturated rings. The van der Waals surface area contributed by atoms with Crippen LogP contribution in [-0.4, -0.2) is 0 Å². The third kappa shape index (κ3) is 4.85. The molecule has 0 unspecified atom stereocenters. The zero-order chi connectivity index (χ0) is 41.6. The molecule has 6 aliphatic rings. The summed E-state index contributed by atoms with van der Waals surface area (Å²) in [5.41, 5.74) is 21.8. The standard InChI is InChI=1S/C61H49NO/c1-60(2)53-21-8-5-16-47(53)51-19-11-18-50(58(51)60)45-14-4-3-13-44(45)39-25-27-42(28-26-39)62(56-23-12-20-52-49-17-7-10-24-57(49)63-59(52)56)43-29-30-48-46-15-6-9-22-54(46)61(55(48)36-43)40-32-37-31-38(34-40)35-41(61)33-37/h3-30,36-38,40-41H,31-35H2,1-2H3. The summed E-state index contributed by atoms with van der Waals surface area (Å²) in [5.74, 6) is 3.19. The molecule has 0 amide bonds. The normalized spacial score (nSPS) is 23.0. The van der Waals surface area contributed by atoms with Gasteiger partial charge in [0.25, 0.3) is 0 Å². The van der Waals surface area contributed by atoms with Gasteiger partial charge in [-0.3, -0.25) is 0 Å². The molecule has 1 spiro atoms. The highest BCUT2D eigenvalue weighted by molar-refractivity contribution is 6.10. The number of nitrogens with zero attached hydrogens (tertiary/aromatic N) is 1. The van der Waals surface area contributed by atoms with Crippen molar-refractivity contribution in [3.63, 3.8) is 0 Å². The summed E-state index contributed by atoms with van der Waals surface area (Å²) in [6.07, 6.45) is 6.92. The van der Waals surface area contributed by atoms with Crippen LogP contribution in [0.15, 0.2) is 180 Å². The topological polar surface area (TPSA) is 16.4 Å². The molecule has 2 nitrogen and oxygen atoms in total. The largest absolute Gasteiger partial charge is 0.454 e. The Morgan fingerprint density at radius 3 is 1.76 bits per heavy atom. The predicted octanol–water partition coefficient (Wildman–Crippen LogP) is 16.4. The van der Waals surface area contributed by atoms with Crippen LogP contribution in [-0.2, 0) is 10.8 Å². The molecule has 2 heteroatoms. The Balaban J connectivity index is 0.939. The molecule has 4 saturated carbocycles. The van der Waals surface area contributed by atoms with Crippen LogP contribution in [0.4, 0.5) is 17.1 Å². The Bertz CT molecular complexity index is 3320. The quantitative estimate of drug-likeness (QED) is 0.172. The molecular formula is C61H49NO. The Hall–Kier alpha value is -6.64. The van der Waals surface area contributed by atoms with E-state index in [1.807, 2.05) is 0 Å². The summed E-state index contributed by atoms with van der Waals surface area (Å²) < 4.78 is 6.83. The second-order valence-electron chi connectivity index (χ2n) is 20.0. The zero-order valence-electron chi connectivity index (χ0n) is 35.9. The SMILES string of the molecule is CC1(C)c2ccccc2-c2cccc(-c3ccccc3-c3ccc(N(c4ccc5c(c4)C4(c6ccccc6-5)C5CC6CC(C5)CC4C6)c4cccc5c4oc4ccccc45)cc3)c21. The molecule has 1 aromatic heterocycles. The van der Waals surface area contributed by atoms with Crippen molar-refractivity contribution in [2.75, 3.05) is 4.90 Å². The lowest BCUT2D eigenvalue weighted by Crippen LogP contribution is -2.55. The molecular weight excluding hydrogens is 763 g/mol. The van der Waals surface area contributed by atoms with Gasteiger partial charge in [-0.2, -0.15) is 0 Å². The van der Waals surface area contributed by atoms with Crippen LogP contribution >= 0.6 is 0 Å².